The van der Waals surface area contributed by atoms with Crippen LogP contribution in [0.3, 0.4) is 0 Å². The highest BCUT2D eigenvalue weighted by molar-refractivity contribution is 7.10. The highest BCUT2D eigenvalue weighted by Crippen LogP contribution is 2.25. The summed E-state index contributed by atoms with van der Waals surface area (Å²) < 4.78 is 13.0. The van der Waals surface area contributed by atoms with Crippen LogP contribution in [0.25, 0.3) is 0 Å². The van der Waals surface area contributed by atoms with E-state index in [0.717, 1.165) is 18.5 Å². The first kappa shape index (κ1) is 16.1. The second-order valence-corrected chi connectivity index (χ2v) is 6.33. The quantitative estimate of drug-likeness (QED) is 0.823. The summed E-state index contributed by atoms with van der Waals surface area (Å²) in [7, 11) is 4.11. The molecule has 0 aliphatic heterocycles. The number of rotatable bonds is 7. The van der Waals surface area contributed by atoms with Gasteiger partial charge < -0.3 is 5.32 Å². The zero-order valence-corrected chi connectivity index (χ0v) is 13.7. The van der Waals surface area contributed by atoms with Crippen molar-refractivity contribution in [1.82, 2.24) is 10.2 Å². The Bertz CT molecular complexity index is 524. The van der Waals surface area contributed by atoms with Crippen LogP contribution in [0.2, 0.25) is 0 Å². The summed E-state index contributed by atoms with van der Waals surface area (Å²) in [5, 5.41) is 5.44. The molecule has 0 saturated carbocycles. The SMILES string of the molecule is CNC(CCN(C)C(C)c1cccs1)c1ccc(F)cc1. The molecule has 0 aliphatic rings. The normalized spacial score (nSPS) is 14.3. The Morgan fingerprint density at radius 3 is 2.52 bits per heavy atom. The number of thiophene rings is 1. The summed E-state index contributed by atoms with van der Waals surface area (Å²) in [4.78, 5) is 3.75. The van der Waals surface area contributed by atoms with E-state index in [1.165, 1.54) is 17.0 Å². The molecule has 0 amide bonds. The fourth-order valence-corrected chi connectivity index (χ4v) is 3.29. The van der Waals surface area contributed by atoms with Crippen LogP contribution in [0.5, 0.6) is 0 Å². The fourth-order valence-electron chi connectivity index (χ4n) is 2.45. The monoisotopic (exact) mass is 306 g/mol. The van der Waals surface area contributed by atoms with E-state index in [1.807, 2.05) is 19.2 Å². The topological polar surface area (TPSA) is 15.3 Å². The molecule has 1 N–H and O–H groups in total. The smallest absolute Gasteiger partial charge is 0.123 e. The van der Waals surface area contributed by atoms with Gasteiger partial charge in [0.15, 0.2) is 0 Å². The van der Waals surface area contributed by atoms with Gasteiger partial charge >= 0.3 is 0 Å². The highest BCUT2D eigenvalue weighted by atomic mass is 32.1. The maximum atomic E-state index is 13.0. The molecule has 0 radical (unpaired) electrons. The molecule has 0 saturated heterocycles. The lowest BCUT2D eigenvalue weighted by atomic mass is 10.0. The van der Waals surface area contributed by atoms with Crippen molar-refractivity contribution in [2.75, 3.05) is 20.6 Å². The first-order valence-electron chi connectivity index (χ1n) is 7.28. The minimum Gasteiger partial charge on any atom is -0.313 e. The first-order chi connectivity index (χ1) is 10.1. The molecule has 4 heteroatoms. The Kier molecular flexibility index (Phi) is 5.91. The van der Waals surface area contributed by atoms with Crippen molar-refractivity contribution < 1.29 is 4.39 Å². The Labute approximate surface area is 130 Å². The van der Waals surface area contributed by atoms with Gasteiger partial charge in [-0.15, -0.1) is 11.3 Å². The van der Waals surface area contributed by atoms with Crippen LogP contribution < -0.4 is 5.32 Å². The van der Waals surface area contributed by atoms with Crippen LogP contribution in [0.4, 0.5) is 4.39 Å². The molecule has 21 heavy (non-hydrogen) atoms. The lowest BCUT2D eigenvalue weighted by molar-refractivity contribution is 0.250. The molecule has 114 valence electrons. The third-order valence-electron chi connectivity index (χ3n) is 4.01. The Morgan fingerprint density at radius 1 is 1.24 bits per heavy atom. The van der Waals surface area contributed by atoms with Crippen LogP contribution in [0.1, 0.15) is 35.9 Å². The van der Waals surface area contributed by atoms with Gasteiger partial charge in [-0.2, -0.15) is 0 Å². The van der Waals surface area contributed by atoms with Gasteiger partial charge in [0.2, 0.25) is 0 Å². The fraction of sp³-hybridized carbons (Fsp3) is 0.412. The second kappa shape index (κ2) is 7.69. The molecule has 0 bridgehead atoms. The molecule has 0 spiro atoms. The van der Waals surface area contributed by atoms with Crippen molar-refractivity contribution in [1.29, 1.82) is 0 Å². The first-order valence-corrected chi connectivity index (χ1v) is 8.16. The number of nitrogens with one attached hydrogen (secondary N) is 1. The van der Waals surface area contributed by atoms with Crippen LogP contribution in [0.15, 0.2) is 41.8 Å². The maximum absolute atomic E-state index is 13.0. The molecular weight excluding hydrogens is 283 g/mol. The summed E-state index contributed by atoms with van der Waals surface area (Å²) >= 11 is 1.80. The van der Waals surface area contributed by atoms with E-state index in [9.17, 15) is 4.39 Å². The summed E-state index contributed by atoms with van der Waals surface area (Å²) in [5.74, 6) is -0.183. The van der Waals surface area contributed by atoms with Gasteiger partial charge in [0.05, 0.1) is 0 Å². The van der Waals surface area contributed by atoms with Crippen molar-refractivity contribution in [2.45, 2.75) is 25.4 Å². The minimum absolute atomic E-state index is 0.183. The van der Waals surface area contributed by atoms with Crippen molar-refractivity contribution in [2.24, 2.45) is 0 Å². The standard InChI is InChI=1S/C17H23FN2S/c1-13(17-5-4-12-21-17)20(3)11-10-16(19-2)14-6-8-15(18)9-7-14/h4-9,12-13,16,19H,10-11H2,1-3H3. The predicted octanol–water partition coefficient (Wildman–Crippen LogP) is 4.23. The molecule has 2 rings (SSSR count). The minimum atomic E-state index is -0.183. The van der Waals surface area contributed by atoms with Crippen LogP contribution in [-0.2, 0) is 0 Å². The number of nitrogens with zero attached hydrogens (tertiary/aromatic N) is 1. The Morgan fingerprint density at radius 2 is 1.95 bits per heavy atom. The van der Waals surface area contributed by atoms with E-state index in [-0.39, 0.29) is 11.9 Å². The molecule has 2 atom stereocenters. The van der Waals surface area contributed by atoms with Gasteiger partial charge in [-0.3, -0.25) is 4.90 Å². The summed E-state index contributed by atoms with van der Waals surface area (Å²) in [5.41, 5.74) is 1.14. The molecular formula is C17H23FN2S. The average Bonchev–Trinajstić information content (AvgIpc) is 3.02. The van der Waals surface area contributed by atoms with Gasteiger partial charge in [0, 0.05) is 23.5 Å². The summed E-state index contributed by atoms with van der Waals surface area (Å²) in [6, 6.07) is 11.7. The van der Waals surface area contributed by atoms with Gasteiger partial charge in [-0.1, -0.05) is 18.2 Å². The zero-order chi connectivity index (χ0) is 15.2. The van der Waals surface area contributed by atoms with Gasteiger partial charge in [0.1, 0.15) is 5.82 Å². The average molecular weight is 306 g/mol. The maximum Gasteiger partial charge on any atom is 0.123 e. The van der Waals surface area contributed by atoms with Gasteiger partial charge in [-0.25, -0.2) is 4.39 Å². The molecule has 2 nitrogen and oxygen atoms in total. The highest BCUT2D eigenvalue weighted by Gasteiger charge is 2.15. The van der Waals surface area contributed by atoms with E-state index in [1.54, 1.807) is 11.3 Å². The zero-order valence-electron chi connectivity index (χ0n) is 12.8. The molecule has 0 fully saturated rings. The third kappa shape index (κ3) is 4.37. The van der Waals surface area contributed by atoms with Crippen LogP contribution in [0, 0.1) is 5.82 Å². The molecule has 2 unspecified atom stereocenters. The second-order valence-electron chi connectivity index (χ2n) is 5.35. The predicted molar refractivity (Wildman–Crippen MR) is 88.2 cm³/mol. The summed E-state index contributed by atoms with van der Waals surface area (Å²) in [6.07, 6.45) is 0.994. The van der Waals surface area contributed by atoms with Crippen molar-refractivity contribution >= 4 is 11.3 Å². The van der Waals surface area contributed by atoms with Gasteiger partial charge in [-0.05, 0) is 56.6 Å². The number of hydrogen-bond acceptors (Lipinski definition) is 3. The molecule has 1 aromatic carbocycles. The van der Waals surface area contributed by atoms with Crippen molar-refractivity contribution in [3.8, 4) is 0 Å². The van der Waals surface area contributed by atoms with Crippen molar-refractivity contribution in [3.63, 3.8) is 0 Å². The van der Waals surface area contributed by atoms with Gasteiger partial charge in [0.25, 0.3) is 0 Å². The Balaban J connectivity index is 1.92. The number of halogens is 1. The van der Waals surface area contributed by atoms with E-state index < -0.39 is 0 Å². The molecule has 0 aliphatic carbocycles. The van der Waals surface area contributed by atoms with Crippen LogP contribution in [-0.4, -0.2) is 25.5 Å². The van der Waals surface area contributed by atoms with E-state index in [4.69, 9.17) is 0 Å². The van der Waals surface area contributed by atoms with E-state index in [2.05, 4.69) is 41.7 Å². The largest absolute Gasteiger partial charge is 0.313 e. The number of hydrogen-bond donors (Lipinski definition) is 1. The summed E-state index contributed by atoms with van der Waals surface area (Å²) in [6.45, 7) is 3.22. The lowest BCUT2D eigenvalue weighted by Gasteiger charge is -2.26. The molecule has 1 aromatic heterocycles. The molecule has 2 aromatic rings. The van der Waals surface area contributed by atoms with E-state index in [0.29, 0.717) is 6.04 Å². The molecule has 1 heterocycles. The van der Waals surface area contributed by atoms with E-state index >= 15 is 0 Å². The van der Waals surface area contributed by atoms with Crippen molar-refractivity contribution in [3.05, 3.63) is 58.0 Å². The lowest BCUT2D eigenvalue weighted by Crippen LogP contribution is -2.27. The Hall–Kier alpha value is -1.23. The number of benzene rings is 1. The van der Waals surface area contributed by atoms with Crippen LogP contribution >= 0.6 is 11.3 Å². The third-order valence-corrected chi connectivity index (χ3v) is 5.05.